The van der Waals surface area contributed by atoms with Gasteiger partial charge in [0.2, 0.25) is 5.88 Å². The Hall–Kier alpha value is -5.09. The number of benzene rings is 4. The van der Waals surface area contributed by atoms with Crippen LogP contribution in [0.2, 0.25) is 0 Å². The minimum Gasteiger partial charge on any atom is -0.493 e. The maximum absolute atomic E-state index is 12.9. The van der Waals surface area contributed by atoms with Gasteiger partial charge in [-0.3, -0.25) is 0 Å². The summed E-state index contributed by atoms with van der Waals surface area (Å²) in [6.07, 6.45) is 0.0206. The molecule has 0 N–H and O–H groups in total. The van der Waals surface area contributed by atoms with E-state index in [1.165, 1.54) is 11.7 Å². The Morgan fingerprint density at radius 3 is 2.66 bits per heavy atom. The van der Waals surface area contributed by atoms with Crippen LogP contribution in [0.4, 0.5) is 4.79 Å². The molecule has 0 bridgehead atoms. The fourth-order valence-corrected chi connectivity index (χ4v) is 6.08. The summed E-state index contributed by atoms with van der Waals surface area (Å²) >= 11 is 1.17. The first kappa shape index (κ1) is 27.7. The molecule has 3 heterocycles. The predicted molar refractivity (Wildman–Crippen MR) is 168 cm³/mol. The number of nitrogens with zero attached hydrogens (tertiary/aromatic N) is 3. The molecule has 0 fully saturated rings. The number of methoxy groups -OCH3 is 1. The Labute approximate surface area is 257 Å². The van der Waals surface area contributed by atoms with Gasteiger partial charge in [-0.05, 0) is 59.5 Å². The third-order valence-corrected chi connectivity index (χ3v) is 8.17. The molecule has 0 spiro atoms. The molecule has 6 aromatic rings. The van der Waals surface area contributed by atoms with Crippen LogP contribution >= 0.6 is 11.7 Å². The lowest BCUT2D eigenvalue weighted by Crippen LogP contribution is -2.14. The Kier molecular flexibility index (Phi) is 7.49. The van der Waals surface area contributed by atoms with Crippen molar-refractivity contribution in [3.8, 4) is 34.3 Å². The summed E-state index contributed by atoms with van der Waals surface area (Å²) in [4.78, 5) is 12.9. The predicted octanol–water partition coefficient (Wildman–Crippen LogP) is 7.42. The quantitative estimate of drug-likeness (QED) is 0.157. The molecular weight excluding hydrogens is 578 g/mol. The second-order valence-electron chi connectivity index (χ2n) is 10.4. The van der Waals surface area contributed by atoms with Crippen LogP contribution in [-0.4, -0.2) is 39.8 Å². The van der Waals surface area contributed by atoms with Crippen LogP contribution in [0.15, 0.2) is 78.9 Å². The van der Waals surface area contributed by atoms with Crippen molar-refractivity contribution < 1.29 is 28.5 Å². The van der Waals surface area contributed by atoms with Crippen molar-refractivity contribution in [2.75, 3.05) is 20.3 Å². The highest BCUT2D eigenvalue weighted by Crippen LogP contribution is 2.46. The summed E-state index contributed by atoms with van der Waals surface area (Å²) < 4.78 is 39.9. The second-order valence-corrected chi connectivity index (χ2v) is 10.9. The summed E-state index contributed by atoms with van der Waals surface area (Å²) in [5.41, 5.74) is 7.17. The highest BCUT2D eigenvalue weighted by Gasteiger charge is 2.27. The molecule has 1 aliphatic rings. The van der Waals surface area contributed by atoms with Gasteiger partial charge in [-0.25, -0.2) is 4.79 Å². The zero-order valence-electron chi connectivity index (χ0n) is 24.2. The molecular formula is C34H29N3O6S. The SMILES string of the molecule is CCOC(=O)Oc1c(-c2ccc3c(c2)CCO3)c2cc(OC)c(OCc3ccccc3)cc2n1Cc1ccc2nsnc2c1. The lowest BCUT2D eigenvalue weighted by atomic mass is 10.0. The van der Waals surface area contributed by atoms with E-state index >= 15 is 0 Å². The number of hydrogen-bond acceptors (Lipinski definition) is 9. The van der Waals surface area contributed by atoms with Crippen LogP contribution in [0.3, 0.4) is 0 Å². The monoisotopic (exact) mass is 607 g/mol. The first-order valence-corrected chi connectivity index (χ1v) is 15.1. The van der Waals surface area contributed by atoms with Crippen molar-refractivity contribution in [3.63, 3.8) is 0 Å². The summed E-state index contributed by atoms with van der Waals surface area (Å²) in [6, 6.07) is 25.8. The molecule has 44 heavy (non-hydrogen) atoms. The Balaban J connectivity index is 1.43. The molecule has 0 unspecified atom stereocenters. The molecule has 222 valence electrons. The van der Waals surface area contributed by atoms with Gasteiger partial charge in [0.25, 0.3) is 0 Å². The summed E-state index contributed by atoms with van der Waals surface area (Å²) in [5.74, 6) is 2.35. The number of fused-ring (bicyclic) bond motifs is 3. The van der Waals surface area contributed by atoms with Crippen molar-refractivity contribution in [2.45, 2.75) is 26.5 Å². The number of carbonyl (C=O) groups is 1. The van der Waals surface area contributed by atoms with E-state index in [1.54, 1.807) is 14.0 Å². The van der Waals surface area contributed by atoms with E-state index in [-0.39, 0.29) is 6.61 Å². The van der Waals surface area contributed by atoms with Crippen molar-refractivity contribution in [3.05, 3.63) is 95.6 Å². The van der Waals surface area contributed by atoms with Crippen LogP contribution in [0, 0.1) is 0 Å². The van der Waals surface area contributed by atoms with Crippen molar-refractivity contribution in [2.24, 2.45) is 0 Å². The third-order valence-electron chi connectivity index (χ3n) is 7.62. The number of hydrogen-bond donors (Lipinski definition) is 0. The van der Waals surface area contributed by atoms with E-state index in [1.807, 2.05) is 77.4 Å². The highest BCUT2D eigenvalue weighted by atomic mass is 32.1. The van der Waals surface area contributed by atoms with E-state index < -0.39 is 6.16 Å². The maximum Gasteiger partial charge on any atom is 0.515 e. The molecule has 0 amide bonds. The fourth-order valence-electron chi connectivity index (χ4n) is 5.56. The van der Waals surface area contributed by atoms with Crippen LogP contribution in [0.5, 0.6) is 23.1 Å². The molecule has 0 atom stereocenters. The van der Waals surface area contributed by atoms with Gasteiger partial charge in [0.1, 0.15) is 23.4 Å². The van der Waals surface area contributed by atoms with E-state index in [9.17, 15) is 4.79 Å². The topological polar surface area (TPSA) is 93.9 Å². The van der Waals surface area contributed by atoms with Gasteiger partial charge >= 0.3 is 6.16 Å². The smallest absolute Gasteiger partial charge is 0.493 e. The molecule has 9 nitrogen and oxygen atoms in total. The molecule has 0 aliphatic carbocycles. The fraction of sp³-hybridized carbons (Fsp3) is 0.206. The molecule has 2 aromatic heterocycles. The minimum absolute atomic E-state index is 0.184. The molecule has 10 heteroatoms. The zero-order chi connectivity index (χ0) is 30.0. The van der Waals surface area contributed by atoms with Crippen molar-refractivity contribution in [1.82, 2.24) is 13.3 Å². The van der Waals surface area contributed by atoms with Gasteiger partial charge in [-0.1, -0.05) is 42.5 Å². The molecule has 7 rings (SSSR count). The largest absolute Gasteiger partial charge is 0.515 e. The minimum atomic E-state index is -0.783. The maximum atomic E-state index is 12.9. The first-order chi connectivity index (χ1) is 21.6. The van der Waals surface area contributed by atoms with Crippen LogP contribution in [-0.2, 0) is 24.3 Å². The lowest BCUT2D eigenvalue weighted by molar-refractivity contribution is 0.101. The number of ether oxygens (including phenoxy) is 5. The zero-order valence-corrected chi connectivity index (χ0v) is 25.1. The van der Waals surface area contributed by atoms with E-state index in [2.05, 4.69) is 14.8 Å². The number of carbonyl (C=O) groups excluding carboxylic acids is 1. The summed E-state index contributed by atoms with van der Waals surface area (Å²) in [7, 11) is 1.62. The summed E-state index contributed by atoms with van der Waals surface area (Å²) in [6.45, 7) is 3.31. The second kappa shape index (κ2) is 11.9. The standard InChI is InChI=1S/C34H29N3O6S/c1-3-40-34(38)43-33-32(24-10-12-29-23(16-24)13-14-41-29)25-17-30(39-2)31(42-20-21-7-5-4-6-8-21)18-28(25)37(33)19-22-9-11-26-27(15-22)36-44-35-26/h4-12,15-18H,3,13-14,19-20H2,1-2H3. The third kappa shape index (κ3) is 5.28. The average molecular weight is 608 g/mol. The molecule has 4 aromatic carbocycles. The molecule has 0 saturated heterocycles. The van der Waals surface area contributed by atoms with Gasteiger partial charge in [-0.2, -0.15) is 8.75 Å². The van der Waals surface area contributed by atoms with Crippen LogP contribution < -0.4 is 18.9 Å². The van der Waals surface area contributed by atoms with Crippen LogP contribution in [0.1, 0.15) is 23.6 Å². The number of rotatable bonds is 9. The van der Waals surface area contributed by atoms with Crippen molar-refractivity contribution >= 4 is 39.8 Å². The van der Waals surface area contributed by atoms with E-state index in [0.29, 0.717) is 37.1 Å². The Morgan fingerprint density at radius 2 is 1.82 bits per heavy atom. The Morgan fingerprint density at radius 1 is 0.955 bits per heavy atom. The van der Waals surface area contributed by atoms with Crippen molar-refractivity contribution in [1.29, 1.82) is 0 Å². The normalized spacial score (nSPS) is 12.2. The van der Waals surface area contributed by atoms with Gasteiger partial charge in [0.15, 0.2) is 11.5 Å². The van der Waals surface area contributed by atoms with Gasteiger partial charge in [0.05, 0.1) is 49.7 Å². The first-order valence-electron chi connectivity index (χ1n) is 14.3. The molecule has 1 aliphatic heterocycles. The van der Waals surface area contributed by atoms with E-state index in [0.717, 1.165) is 61.9 Å². The van der Waals surface area contributed by atoms with Gasteiger partial charge in [-0.15, -0.1) is 0 Å². The summed E-state index contributed by atoms with van der Waals surface area (Å²) in [5, 5.41) is 0.837. The van der Waals surface area contributed by atoms with Gasteiger partial charge < -0.3 is 28.3 Å². The van der Waals surface area contributed by atoms with Gasteiger partial charge in [0, 0.05) is 17.9 Å². The number of aromatic nitrogens is 3. The molecule has 0 radical (unpaired) electrons. The van der Waals surface area contributed by atoms with E-state index in [4.69, 9.17) is 23.7 Å². The molecule has 0 saturated carbocycles. The highest BCUT2D eigenvalue weighted by molar-refractivity contribution is 7.00. The average Bonchev–Trinajstić information content (AvgIpc) is 3.78. The van der Waals surface area contributed by atoms with Crippen LogP contribution in [0.25, 0.3) is 33.1 Å². The lowest BCUT2D eigenvalue weighted by Gasteiger charge is -2.14. The Bertz CT molecular complexity index is 1980.